The summed E-state index contributed by atoms with van der Waals surface area (Å²) in [5.74, 6) is -1.45. The lowest BCUT2D eigenvalue weighted by atomic mass is 9.91. The monoisotopic (exact) mass is 348 g/mol. The summed E-state index contributed by atoms with van der Waals surface area (Å²) < 4.78 is 88.2. The molecule has 0 radical (unpaired) electrons. The van der Waals surface area contributed by atoms with Gasteiger partial charge >= 0.3 is 24.0 Å². The molecule has 0 aliphatic carbocycles. The lowest BCUT2D eigenvalue weighted by Gasteiger charge is -2.34. The molecule has 0 rings (SSSR count). The number of ether oxygens (including phenoxy) is 1. The maximum Gasteiger partial charge on any atom is 0.431 e. The number of hydrogen-bond donors (Lipinski definition) is 0. The van der Waals surface area contributed by atoms with Gasteiger partial charge in [0.1, 0.15) is 4.32 Å². The van der Waals surface area contributed by atoms with E-state index in [2.05, 4.69) is 20.7 Å². The van der Waals surface area contributed by atoms with Crippen LogP contribution in [0.25, 0.3) is 0 Å². The van der Waals surface area contributed by atoms with E-state index >= 15 is 0 Å². The van der Waals surface area contributed by atoms with E-state index in [1.54, 1.807) is 0 Å². The van der Waals surface area contributed by atoms with E-state index in [9.17, 15) is 35.5 Å². The average Bonchev–Trinajstić information content (AvgIpc) is 2.12. The third-order valence-electron chi connectivity index (χ3n) is 2.09. The Morgan fingerprint density at radius 1 is 1.06 bits per heavy atom. The summed E-state index contributed by atoms with van der Waals surface area (Å²) >= 11 is 2.31. The highest BCUT2D eigenvalue weighted by molar-refractivity contribution is 9.10. The normalized spacial score (nSPS) is 17.2. The fourth-order valence-corrected chi connectivity index (χ4v) is 1.65. The second kappa shape index (κ2) is 4.86. The predicted octanol–water partition coefficient (Wildman–Crippen LogP) is 3.54. The third kappa shape index (κ3) is 3.27. The average molecular weight is 349 g/mol. The van der Waals surface area contributed by atoms with Crippen molar-refractivity contribution >= 4 is 21.9 Å². The Morgan fingerprint density at radius 2 is 1.39 bits per heavy atom. The van der Waals surface area contributed by atoms with Crippen molar-refractivity contribution < 1.29 is 40.3 Å². The molecule has 0 saturated carbocycles. The van der Waals surface area contributed by atoms with Crippen molar-refractivity contribution in [1.29, 1.82) is 0 Å². The summed E-state index contributed by atoms with van der Waals surface area (Å²) in [6.07, 6.45) is -14.6. The maximum absolute atomic E-state index is 13.3. The Labute approximate surface area is 106 Å². The number of rotatable bonds is 3. The highest BCUT2D eigenvalue weighted by Gasteiger charge is 2.74. The topological polar surface area (TPSA) is 26.3 Å². The van der Waals surface area contributed by atoms with E-state index in [0.717, 1.165) is 7.11 Å². The minimum Gasteiger partial charge on any atom is -0.468 e. The molecule has 0 aliphatic rings. The SMILES string of the molecule is COC(=O)C(C)(Br)CC(F)(C(F)(F)F)C(F)(F)F. The van der Waals surface area contributed by atoms with Crippen LogP contribution in [-0.4, -0.2) is 35.4 Å². The molecule has 0 fully saturated rings. The zero-order chi connectivity index (χ0) is 15.0. The summed E-state index contributed by atoms with van der Waals surface area (Å²) in [5, 5.41) is 0. The molecule has 0 heterocycles. The lowest BCUT2D eigenvalue weighted by molar-refractivity contribution is -0.344. The van der Waals surface area contributed by atoms with Gasteiger partial charge in [-0.3, -0.25) is 4.79 Å². The van der Waals surface area contributed by atoms with Crippen molar-refractivity contribution in [3.05, 3.63) is 0 Å². The minimum atomic E-state index is -6.20. The molecule has 1 atom stereocenters. The molecule has 18 heavy (non-hydrogen) atoms. The molecule has 10 heteroatoms. The molecule has 2 nitrogen and oxygen atoms in total. The van der Waals surface area contributed by atoms with Gasteiger partial charge < -0.3 is 4.74 Å². The maximum atomic E-state index is 13.3. The van der Waals surface area contributed by atoms with Crippen LogP contribution < -0.4 is 0 Å². The molecule has 0 saturated heterocycles. The summed E-state index contributed by atoms with van der Waals surface area (Å²) in [6, 6.07) is 0. The summed E-state index contributed by atoms with van der Waals surface area (Å²) in [5.41, 5.74) is -5.51. The molecule has 0 bridgehead atoms. The zero-order valence-electron chi connectivity index (χ0n) is 9.05. The molecule has 0 N–H and O–H groups in total. The predicted molar refractivity (Wildman–Crippen MR) is 49.9 cm³/mol. The van der Waals surface area contributed by atoms with Crippen LogP contribution in [0.3, 0.4) is 0 Å². The molecule has 0 aromatic rings. The van der Waals surface area contributed by atoms with Crippen LogP contribution in [0.15, 0.2) is 0 Å². The van der Waals surface area contributed by atoms with Gasteiger partial charge in [0, 0.05) is 6.42 Å². The summed E-state index contributed by atoms with van der Waals surface area (Å²) in [7, 11) is 0.753. The van der Waals surface area contributed by atoms with Crippen LogP contribution in [0.1, 0.15) is 13.3 Å². The third-order valence-corrected chi connectivity index (χ3v) is 2.69. The van der Waals surface area contributed by atoms with Gasteiger partial charge in [0.2, 0.25) is 0 Å². The molecule has 108 valence electrons. The van der Waals surface area contributed by atoms with Gasteiger partial charge in [0.15, 0.2) is 0 Å². The van der Waals surface area contributed by atoms with Crippen LogP contribution in [0.4, 0.5) is 30.7 Å². The number of carbonyl (C=O) groups is 1. The van der Waals surface area contributed by atoms with Crippen molar-refractivity contribution in [1.82, 2.24) is 0 Å². The van der Waals surface area contributed by atoms with Gasteiger partial charge in [-0.1, -0.05) is 15.9 Å². The number of hydrogen-bond acceptors (Lipinski definition) is 2. The first-order valence-corrected chi connectivity index (χ1v) is 5.08. The zero-order valence-corrected chi connectivity index (χ0v) is 10.6. The Hall–Kier alpha value is -0.540. The fraction of sp³-hybridized carbons (Fsp3) is 0.875. The Bertz CT molecular complexity index is 306. The van der Waals surface area contributed by atoms with Gasteiger partial charge in [0.25, 0.3) is 0 Å². The molecule has 1 unspecified atom stereocenters. The van der Waals surface area contributed by atoms with Gasteiger partial charge in [-0.05, 0) is 6.92 Å². The smallest absolute Gasteiger partial charge is 0.431 e. The van der Waals surface area contributed by atoms with Crippen molar-refractivity contribution in [2.45, 2.75) is 35.7 Å². The molecular formula is C8H8BrF7O2. The lowest BCUT2D eigenvalue weighted by Crippen LogP contribution is -2.57. The first kappa shape index (κ1) is 17.5. The Balaban J connectivity index is 5.50. The second-order valence-corrected chi connectivity index (χ2v) is 5.41. The quantitative estimate of drug-likeness (QED) is 0.443. The number of carbonyl (C=O) groups excluding carboxylic acids is 1. The first-order chi connectivity index (χ1) is 7.69. The summed E-state index contributed by atoms with van der Waals surface area (Å²) in [6.45, 7) is 0.657. The highest BCUT2D eigenvalue weighted by atomic mass is 79.9. The molecule has 0 aromatic heterocycles. The van der Waals surface area contributed by atoms with Crippen LogP contribution >= 0.6 is 15.9 Å². The van der Waals surface area contributed by atoms with Gasteiger partial charge in [-0.25, -0.2) is 4.39 Å². The van der Waals surface area contributed by atoms with Crippen LogP contribution in [0, 0.1) is 0 Å². The van der Waals surface area contributed by atoms with Gasteiger partial charge in [0.05, 0.1) is 7.11 Å². The Kier molecular flexibility index (Phi) is 4.71. The van der Waals surface area contributed by atoms with Gasteiger partial charge in [-0.2, -0.15) is 26.3 Å². The van der Waals surface area contributed by atoms with Crippen LogP contribution in [0.5, 0.6) is 0 Å². The van der Waals surface area contributed by atoms with E-state index in [0.29, 0.717) is 6.92 Å². The van der Waals surface area contributed by atoms with E-state index in [1.807, 2.05) is 0 Å². The largest absolute Gasteiger partial charge is 0.468 e. The van der Waals surface area contributed by atoms with Crippen molar-refractivity contribution in [2.24, 2.45) is 0 Å². The molecule has 0 aliphatic heterocycles. The van der Waals surface area contributed by atoms with E-state index in [-0.39, 0.29) is 0 Å². The van der Waals surface area contributed by atoms with Crippen molar-refractivity contribution in [3.8, 4) is 0 Å². The van der Waals surface area contributed by atoms with E-state index in [1.165, 1.54) is 0 Å². The highest BCUT2D eigenvalue weighted by Crippen LogP contribution is 2.51. The molecule has 0 amide bonds. The Morgan fingerprint density at radius 3 is 1.61 bits per heavy atom. The first-order valence-electron chi connectivity index (χ1n) is 4.29. The fourth-order valence-electron chi connectivity index (χ4n) is 1.10. The number of halogens is 8. The summed E-state index contributed by atoms with van der Waals surface area (Å²) in [4.78, 5) is 11.0. The molecular weight excluding hydrogens is 341 g/mol. The van der Waals surface area contributed by atoms with E-state index < -0.39 is 34.7 Å². The van der Waals surface area contributed by atoms with Crippen molar-refractivity contribution in [2.75, 3.05) is 7.11 Å². The van der Waals surface area contributed by atoms with E-state index in [4.69, 9.17) is 0 Å². The minimum absolute atomic E-state index is 0.657. The number of methoxy groups -OCH3 is 1. The number of alkyl halides is 8. The van der Waals surface area contributed by atoms with Crippen LogP contribution in [0.2, 0.25) is 0 Å². The van der Waals surface area contributed by atoms with Crippen LogP contribution in [-0.2, 0) is 9.53 Å². The van der Waals surface area contributed by atoms with Gasteiger partial charge in [-0.15, -0.1) is 0 Å². The standard InChI is InChI=1S/C8H8BrF7O2/c1-5(9,4(17)18-2)3-6(10,7(11,12)13)8(14,15)16/h3H2,1-2H3. The second-order valence-electron chi connectivity index (χ2n) is 3.66. The number of esters is 1. The van der Waals surface area contributed by atoms with Crippen molar-refractivity contribution in [3.63, 3.8) is 0 Å². The molecule has 0 spiro atoms. The molecule has 0 aromatic carbocycles.